The van der Waals surface area contributed by atoms with Gasteiger partial charge < -0.3 is 15.2 Å². The SMILES string of the molecule is C[C@H](NC(=O)OC(C)(C)C)C(=O)O.Cl. The monoisotopic (exact) mass is 225 g/mol. The number of hydrogen-bond acceptors (Lipinski definition) is 3. The van der Waals surface area contributed by atoms with Crippen LogP contribution in [0.2, 0.25) is 0 Å². The third-order valence-corrected chi connectivity index (χ3v) is 1.10. The minimum Gasteiger partial charge on any atom is -0.480 e. The first-order chi connectivity index (χ1) is 5.72. The smallest absolute Gasteiger partial charge is 0.408 e. The lowest BCUT2D eigenvalue weighted by Gasteiger charge is -2.20. The van der Waals surface area contributed by atoms with Gasteiger partial charge in [-0.25, -0.2) is 4.79 Å². The van der Waals surface area contributed by atoms with Crippen LogP contribution in [0.4, 0.5) is 4.79 Å². The lowest BCUT2D eigenvalue weighted by atomic mass is 10.2. The number of alkyl carbamates (subject to hydrolysis) is 1. The average Bonchev–Trinajstić information content (AvgIpc) is 1.81. The van der Waals surface area contributed by atoms with Crippen LogP contribution in [0.25, 0.3) is 0 Å². The highest BCUT2D eigenvalue weighted by molar-refractivity contribution is 5.85. The summed E-state index contributed by atoms with van der Waals surface area (Å²) in [6.07, 6.45) is -0.720. The maximum Gasteiger partial charge on any atom is 0.408 e. The van der Waals surface area contributed by atoms with Crippen molar-refractivity contribution in [1.82, 2.24) is 5.32 Å². The zero-order valence-corrected chi connectivity index (χ0v) is 9.47. The highest BCUT2D eigenvalue weighted by atomic mass is 35.5. The molecule has 0 aromatic rings. The predicted molar refractivity (Wildman–Crippen MR) is 53.7 cm³/mol. The van der Waals surface area contributed by atoms with E-state index in [9.17, 15) is 9.59 Å². The Bertz CT molecular complexity index is 212. The number of ether oxygens (including phenoxy) is 1. The van der Waals surface area contributed by atoms with Gasteiger partial charge in [-0.2, -0.15) is 0 Å². The van der Waals surface area contributed by atoms with Crippen LogP contribution >= 0.6 is 12.4 Å². The van der Waals surface area contributed by atoms with Crippen LogP contribution in [-0.2, 0) is 9.53 Å². The number of nitrogens with one attached hydrogen (secondary N) is 1. The van der Waals surface area contributed by atoms with Crippen LogP contribution in [0, 0.1) is 0 Å². The number of carboxylic acids is 1. The fourth-order valence-corrected chi connectivity index (χ4v) is 0.546. The van der Waals surface area contributed by atoms with Crippen LogP contribution in [-0.4, -0.2) is 28.8 Å². The van der Waals surface area contributed by atoms with E-state index in [1.807, 2.05) is 0 Å². The second-order valence-corrected chi connectivity index (χ2v) is 3.71. The Hall–Kier alpha value is -0.970. The van der Waals surface area contributed by atoms with Gasteiger partial charge in [0.05, 0.1) is 0 Å². The highest BCUT2D eigenvalue weighted by Crippen LogP contribution is 2.06. The van der Waals surface area contributed by atoms with Crippen molar-refractivity contribution in [3.8, 4) is 0 Å². The predicted octanol–water partition coefficient (Wildman–Crippen LogP) is 1.41. The Morgan fingerprint density at radius 3 is 2.07 bits per heavy atom. The molecular formula is C8H16ClNO4. The molecule has 0 saturated heterocycles. The second-order valence-electron chi connectivity index (χ2n) is 3.71. The largest absolute Gasteiger partial charge is 0.480 e. The van der Waals surface area contributed by atoms with E-state index in [0.29, 0.717) is 0 Å². The van der Waals surface area contributed by atoms with Gasteiger partial charge in [-0.05, 0) is 27.7 Å². The van der Waals surface area contributed by atoms with Crippen molar-refractivity contribution in [2.24, 2.45) is 0 Å². The topological polar surface area (TPSA) is 75.6 Å². The summed E-state index contributed by atoms with van der Waals surface area (Å²) in [5.41, 5.74) is -0.609. The van der Waals surface area contributed by atoms with Crippen LogP contribution in [0.15, 0.2) is 0 Å². The molecule has 0 bridgehead atoms. The maximum atomic E-state index is 11.0. The molecule has 6 heteroatoms. The Morgan fingerprint density at radius 1 is 1.36 bits per heavy atom. The number of carbonyl (C=O) groups is 2. The van der Waals surface area contributed by atoms with Crippen LogP contribution in [0.5, 0.6) is 0 Å². The zero-order valence-electron chi connectivity index (χ0n) is 8.66. The number of carbonyl (C=O) groups excluding carboxylic acids is 1. The molecule has 5 nitrogen and oxygen atoms in total. The number of amides is 1. The third-order valence-electron chi connectivity index (χ3n) is 1.10. The quantitative estimate of drug-likeness (QED) is 0.745. The van der Waals surface area contributed by atoms with Gasteiger partial charge in [0.15, 0.2) is 0 Å². The summed E-state index contributed by atoms with van der Waals surface area (Å²) < 4.78 is 4.85. The molecule has 0 aliphatic carbocycles. The molecule has 1 atom stereocenters. The molecule has 0 aliphatic heterocycles. The molecule has 0 heterocycles. The molecule has 0 aromatic heterocycles. The van der Waals surface area contributed by atoms with E-state index in [-0.39, 0.29) is 12.4 Å². The van der Waals surface area contributed by atoms with Gasteiger partial charge in [-0.15, -0.1) is 12.4 Å². The summed E-state index contributed by atoms with van der Waals surface area (Å²) in [7, 11) is 0. The van der Waals surface area contributed by atoms with Gasteiger partial charge in [0.2, 0.25) is 0 Å². The molecule has 0 saturated carbocycles. The molecule has 84 valence electrons. The van der Waals surface area contributed by atoms with Crippen molar-refractivity contribution >= 4 is 24.5 Å². The maximum absolute atomic E-state index is 11.0. The van der Waals surface area contributed by atoms with Gasteiger partial charge in [-0.1, -0.05) is 0 Å². The molecule has 1 amide bonds. The Morgan fingerprint density at radius 2 is 1.79 bits per heavy atom. The van der Waals surface area contributed by atoms with Crippen molar-refractivity contribution in [3.05, 3.63) is 0 Å². The number of halogens is 1. The van der Waals surface area contributed by atoms with E-state index in [1.54, 1.807) is 20.8 Å². The third kappa shape index (κ3) is 7.67. The van der Waals surface area contributed by atoms with E-state index >= 15 is 0 Å². The molecule has 0 fully saturated rings. The molecular weight excluding hydrogens is 210 g/mol. The zero-order chi connectivity index (χ0) is 10.6. The van der Waals surface area contributed by atoms with Crippen molar-refractivity contribution in [3.63, 3.8) is 0 Å². The van der Waals surface area contributed by atoms with E-state index in [0.717, 1.165) is 0 Å². The van der Waals surface area contributed by atoms with Crippen LogP contribution in [0.1, 0.15) is 27.7 Å². The molecule has 0 aromatic carbocycles. The molecule has 0 aliphatic rings. The van der Waals surface area contributed by atoms with E-state index in [2.05, 4.69) is 5.32 Å². The first-order valence-electron chi connectivity index (χ1n) is 3.94. The van der Waals surface area contributed by atoms with Crippen molar-refractivity contribution < 1.29 is 19.4 Å². The summed E-state index contributed by atoms with van der Waals surface area (Å²) >= 11 is 0. The first-order valence-corrected chi connectivity index (χ1v) is 3.94. The Labute approximate surface area is 89.2 Å². The lowest BCUT2D eigenvalue weighted by molar-refractivity contribution is -0.139. The summed E-state index contributed by atoms with van der Waals surface area (Å²) in [4.78, 5) is 21.3. The van der Waals surface area contributed by atoms with Gasteiger partial charge in [-0.3, -0.25) is 4.79 Å². The van der Waals surface area contributed by atoms with Crippen molar-refractivity contribution in [2.75, 3.05) is 0 Å². The molecule has 0 rings (SSSR count). The minimum atomic E-state index is -1.09. The fourth-order valence-electron chi connectivity index (χ4n) is 0.546. The summed E-state index contributed by atoms with van der Waals surface area (Å²) in [6, 6.07) is -0.935. The molecule has 14 heavy (non-hydrogen) atoms. The highest BCUT2D eigenvalue weighted by Gasteiger charge is 2.20. The average molecular weight is 226 g/mol. The number of aliphatic carboxylic acids is 1. The van der Waals surface area contributed by atoms with E-state index in [1.165, 1.54) is 6.92 Å². The van der Waals surface area contributed by atoms with Gasteiger partial charge in [0, 0.05) is 0 Å². The second kappa shape index (κ2) is 5.70. The fraction of sp³-hybridized carbons (Fsp3) is 0.750. The number of carboxylic acid groups (broad SMARTS) is 1. The van der Waals surface area contributed by atoms with E-state index in [4.69, 9.17) is 9.84 Å². The Balaban J connectivity index is 0. The van der Waals surface area contributed by atoms with Crippen LogP contribution < -0.4 is 5.32 Å². The number of hydrogen-bond donors (Lipinski definition) is 2. The molecule has 0 radical (unpaired) electrons. The molecule has 2 N–H and O–H groups in total. The normalized spacial score (nSPS) is 12.3. The molecule has 0 unspecified atom stereocenters. The van der Waals surface area contributed by atoms with Crippen LogP contribution in [0.3, 0.4) is 0 Å². The van der Waals surface area contributed by atoms with E-state index < -0.39 is 23.7 Å². The summed E-state index contributed by atoms with van der Waals surface area (Å²) in [6.45, 7) is 6.49. The molecule has 0 spiro atoms. The number of rotatable bonds is 2. The first kappa shape index (κ1) is 15.5. The standard InChI is InChI=1S/C8H15NO4.ClH/c1-5(6(10)11)9-7(12)13-8(2,3)4;/h5H,1-4H3,(H,9,12)(H,10,11);1H/t5-;/m0./s1. The van der Waals surface area contributed by atoms with Crippen molar-refractivity contribution in [2.45, 2.75) is 39.3 Å². The summed E-state index contributed by atoms with van der Waals surface area (Å²) in [5.74, 6) is -1.09. The van der Waals surface area contributed by atoms with Gasteiger partial charge in [0.25, 0.3) is 0 Å². The summed E-state index contributed by atoms with van der Waals surface area (Å²) in [5, 5.41) is 10.6. The van der Waals surface area contributed by atoms with Gasteiger partial charge >= 0.3 is 12.1 Å². The van der Waals surface area contributed by atoms with Crippen molar-refractivity contribution in [1.29, 1.82) is 0 Å². The Kier molecular flexibility index (Phi) is 6.31. The lowest BCUT2D eigenvalue weighted by Crippen LogP contribution is -2.41. The van der Waals surface area contributed by atoms with Gasteiger partial charge in [0.1, 0.15) is 11.6 Å². The minimum absolute atomic E-state index is 0.